The second-order valence-electron chi connectivity index (χ2n) is 7.59. The van der Waals surface area contributed by atoms with Gasteiger partial charge in [-0.25, -0.2) is 4.79 Å². The van der Waals surface area contributed by atoms with Gasteiger partial charge in [-0.1, -0.05) is 12.1 Å². The molecule has 1 atom stereocenters. The molecule has 1 saturated heterocycles. The minimum Gasteiger partial charge on any atom is -0.454 e. The number of hydrogen-bond donors (Lipinski definition) is 1. The lowest BCUT2D eigenvalue weighted by molar-refractivity contribution is -0.138. The van der Waals surface area contributed by atoms with Gasteiger partial charge in [-0.3, -0.25) is 14.5 Å². The Morgan fingerprint density at radius 3 is 2.76 bits per heavy atom. The summed E-state index contributed by atoms with van der Waals surface area (Å²) >= 11 is 0. The first-order chi connectivity index (χ1) is 13.9. The van der Waals surface area contributed by atoms with Crippen LogP contribution in [0.1, 0.15) is 45.1 Å². The lowest BCUT2D eigenvalue weighted by atomic mass is 9.91. The summed E-state index contributed by atoms with van der Waals surface area (Å²) < 4.78 is 10.7. The third kappa shape index (κ3) is 3.32. The van der Waals surface area contributed by atoms with Gasteiger partial charge in [0.05, 0.1) is 0 Å². The number of nitrogens with one attached hydrogen (secondary N) is 1. The zero-order valence-corrected chi connectivity index (χ0v) is 16.7. The minimum atomic E-state index is -1.26. The van der Waals surface area contributed by atoms with E-state index in [4.69, 9.17) is 9.47 Å². The molecule has 3 aliphatic rings. The van der Waals surface area contributed by atoms with Crippen molar-refractivity contribution in [2.24, 2.45) is 0 Å². The summed E-state index contributed by atoms with van der Waals surface area (Å²) in [7, 11) is 0. The molecule has 2 aliphatic heterocycles. The van der Waals surface area contributed by atoms with Gasteiger partial charge in [0.1, 0.15) is 12.1 Å². The van der Waals surface area contributed by atoms with Crippen LogP contribution in [-0.4, -0.2) is 47.5 Å². The largest absolute Gasteiger partial charge is 0.454 e. The molecule has 1 aromatic carbocycles. The first-order valence-electron chi connectivity index (χ1n) is 9.97. The molecule has 1 fully saturated rings. The van der Waals surface area contributed by atoms with Crippen molar-refractivity contribution < 1.29 is 23.9 Å². The summed E-state index contributed by atoms with van der Waals surface area (Å²) in [6.07, 6.45) is 6.03. The molecule has 1 unspecified atom stereocenters. The van der Waals surface area contributed by atoms with Crippen LogP contribution >= 0.6 is 0 Å². The molecule has 2 heterocycles. The maximum Gasteiger partial charge on any atom is 0.325 e. The maximum atomic E-state index is 13.1. The fraction of sp³-hybridized carbons (Fsp3) is 0.476. The number of fused-ring (bicyclic) bond motifs is 1. The van der Waals surface area contributed by atoms with E-state index in [1.165, 1.54) is 0 Å². The number of allylic oxidation sites excluding steroid dienone is 2. The Morgan fingerprint density at radius 1 is 1.24 bits per heavy atom. The highest BCUT2D eigenvalue weighted by Gasteiger charge is 2.50. The Morgan fingerprint density at radius 2 is 2.03 bits per heavy atom. The van der Waals surface area contributed by atoms with Crippen molar-refractivity contribution in [3.8, 4) is 11.5 Å². The number of imide groups is 1. The highest BCUT2D eigenvalue weighted by Crippen LogP contribution is 2.37. The quantitative estimate of drug-likeness (QED) is 0.769. The standard InChI is InChI=1S/C21H25N3O5/c1-3-23(15-7-5-4-6-8-15)18(25)12-24-19(26)21(2,22-20(24)27)14-9-10-16-17(11-14)29-13-28-16/h7,9-11H,3-6,8,12-13H2,1-2H3,(H,22,27). The first kappa shape index (κ1) is 19.3. The molecule has 4 rings (SSSR count). The van der Waals surface area contributed by atoms with E-state index in [0.717, 1.165) is 36.3 Å². The van der Waals surface area contributed by atoms with Gasteiger partial charge in [-0.05, 0) is 57.2 Å². The number of amides is 4. The average Bonchev–Trinajstić information content (AvgIpc) is 3.28. The maximum absolute atomic E-state index is 13.1. The molecule has 29 heavy (non-hydrogen) atoms. The van der Waals surface area contributed by atoms with Crippen molar-refractivity contribution in [1.29, 1.82) is 0 Å². The van der Waals surface area contributed by atoms with Gasteiger partial charge in [-0.2, -0.15) is 0 Å². The van der Waals surface area contributed by atoms with Gasteiger partial charge in [0.2, 0.25) is 12.7 Å². The molecule has 1 aliphatic carbocycles. The third-order valence-electron chi connectivity index (χ3n) is 5.75. The molecule has 0 saturated carbocycles. The van der Waals surface area contributed by atoms with Crippen molar-refractivity contribution in [2.45, 2.75) is 45.1 Å². The summed E-state index contributed by atoms with van der Waals surface area (Å²) in [5.74, 6) is 0.421. The summed E-state index contributed by atoms with van der Waals surface area (Å²) in [4.78, 5) is 41.3. The average molecular weight is 399 g/mol. The number of nitrogens with zero attached hydrogens (tertiary/aromatic N) is 2. The third-order valence-corrected chi connectivity index (χ3v) is 5.75. The van der Waals surface area contributed by atoms with Crippen LogP contribution in [0.3, 0.4) is 0 Å². The molecular formula is C21H25N3O5. The predicted octanol–water partition coefficient (Wildman–Crippen LogP) is 2.49. The fourth-order valence-corrected chi connectivity index (χ4v) is 4.07. The van der Waals surface area contributed by atoms with Crippen LogP contribution in [0.4, 0.5) is 4.79 Å². The molecule has 0 radical (unpaired) electrons. The van der Waals surface area contributed by atoms with Crippen LogP contribution in [0.2, 0.25) is 0 Å². The highest BCUT2D eigenvalue weighted by atomic mass is 16.7. The van der Waals surface area contributed by atoms with E-state index in [1.54, 1.807) is 30.0 Å². The first-order valence-corrected chi connectivity index (χ1v) is 9.97. The Labute approximate surface area is 169 Å². The molecule has 1 N–H and O–H groups in total. The van der Waals surface area contributed by atoms with E-state index < -0.39 is 17.5 Å². The fourth-order valence-electron chi connectivity index (χ4n) is 4.07. The molecule has 8 heteroatoms. The van der Waals surface area contributed by atoms with Gasteiger partial charge in [-0.15, -0.1) is 0 Å². The van der Waals surface area contributed by atoms with E-state index in [2.05, 4.69) is 11.4 Å². The molecular weight excluding hydrogens is 374 g/mol. The molecule has 0 spiro atoms. The second-order valence-corrected chi connectivity index (χ2v) is 7.59. The number of hydrogen-bond acceptors (Lipinski definition) is 5. The number of urea groups is 1. The number of likely N-dealkylation sites (N-methyl/N-ethyl adjacent to an activating group) is 1. The van der Waals surface area contributed by atoms with Gasteiger partial charge in [0.25, 0.3) is 5.91 Å². The van der Waals surface area contributed by atoms with Crippen molar-refractivity contribution >= 4 is 17.8 Å². The van der Waals surface area contributed by atoms with Crippen LogP contribution in [0.15, 0.2) is 30.0 Å². The van der Waals surface area contributed by atoms with Gasteiger partial charge in [0.15, 0.2) is 11.5 Å². The Balaban J connectivity index is 1.53. The van der Waals surface area contributed by atoms with Crippen molar-refractivity contribution in [3.63, 3.8) is 0 Å². The van der Waals surface area contributed by atoms with Crippen LogP contribution in [0, 0.1) is 0 Å². The van der Waals surface area contributed by atoms with Crippen LogP contribution in [0.25, 0.3) is 0 Å². The van der Waals surface area contributed by atoms with Crippen LogP contribution in [0.5, 0.6) is 11.5 Å². The SMILES string of the molecule is CCN(C(=O)CN1C(=O)NC(C)(c2ccc3c(c2)OCO3)C1=O)C1=CCCCC1. The van der Waals surface area contributed by atoms with E-state index in [9.17, 15) is 14.4 Å². The zero-order valence-electron chi connectivity index (χ0n) is 16.7. The topological polar surface area (TPSA) is 88.2 Å². The number of carbonyl (C=O) groups is 3. The van der Waals surface area contributed by atoms with Gasteiger partial charge in [0, 0.05) is 12.2 Å². The van der Waals surface area contributed by atoms with Crippen molar-refractivity contribution in [2.75, 3.05) is 19.9 Å². The number of rotatable bonds is 5. The highest BCUT2D eigenvalue weighted by molar-refractivity contribution is 6.09. The molecule has 8 nitrogen and oxygen atoms in total. The molecule has 154 valence electrons. The monoisotopic (exact) mass is 399 g/mol. The Hall–Kier alpha value is -3.03. The normalized spacial score (nSPS) is 23.1. The summed E-state index contributed by atoms with van der Waals surface area (Å²) in [6.45, 7) is 3.88. The lowest BCUT2D eigenvalue weighted by Crippen LogP contribution is -2.44. The number of ether oxygens (including phenoxy) is 2. The Kier molecular flexibility index (Phi) is 4.94. The van der Waals surface area contributed by atoms with Crippen LogP contribution < -0.4 is 14.8 Å². The molecule has 1 aromatic rings. The van der Waals surface area contributed by atoms with Crippen molar-refractivity contribution in [1.82, 2.24) is 15.1 Å². The summed E-state index contributed by atoms with van der Waals surface area (Å²) in [5, 5.41) is 2.74. The minimum absolute atomic E-state index is 0.124. The van der Waals surface area contributed by atoms with Gasteiger partial charge >= 0.3 is 6.03 Å². The number of benzene rings is 1. The van der Waals surface area contributed by atoms with Crippen LogP contribution in [-0.2, 0) is 15.1 Å². The lowest BCUT2D eigenvalue weighted by Gasteiger charge is -2.28. The van der Waals surface area contributed by atoms with E-state index in [-0.39, 0.29) is 19.2 Å². The van der Waals surface area contributed by atoms with Crippen molar-refractivity contribution in [3.05, 3.63) is 35.5 Å². The molecule has 0 aromatic heterocycles. The van der Waals surface area contributed by atoms with E-state index in [0.29, 0.717) is 23.6 Å². The zero-order chi connectivity index (χ0) is 20.6. The summed E-state index contributed by atoms with van der Waals surface area (Å²) in [6, 6.07) is 4.56. The summed E-state index contributed by atoms with van der Waals surface area (Å²) in [5.41, 5.74) is 0.297. The molecule has 0 bridgehead atoms. The number of carbonyl (C=O) groups excluding carboxylic acids is 3. The smallest absolute Gasteiger partial charge is 0.325 e. The van der Waals surface area contributed by atoms with E-state index in [1.807, 2.05) is 6.92 Å². The Bertz CT molecular complexity index is 896. The second kappa shape index (κ2) is 7.42. The molecule has 4 amide bonds. The van der Waals surface area contributed by atoms with E-state index >= 15 is 0 Å². The van der Waals surface area contributed by atoms with Gasteiger partial charge < -0.3 is 19.7 Å². The predicted molar refractivity (Wildman–Crippen MR) is 104 cm³/mol.